The number of H-pyrrole nitrogens is 1. The number of carbonyl (C=O) groups is 1. The fourth-order valence-corrected chi connectivity index (χ4v) is 2.35. The maximum atomic E-state index is 12.1. The molecule has 0 aliphatic rings. The van der Waals surface area contributed by atoms with Crippen LogP contribution in [0.25, 0.3) is 22.7 Å². The van der Waals surface area contributed by atoms with E-state index in [1.54, 1.807) is 11.6 Å². The lowest BCUT2D eigenvalue weighted by atomic mass is 10.3. The number of carbonyl (C=O) groups excluding carboxylic acids is 1. The largest absolute Gasteiger partial charge is 0.489 e. The third-order valence-electron chi connectivity index (χ3n) is 3.46. The number of nitrogens with one attached hydrogen (secondary N) is 1. The molecular formula is C15H14N4O4. The smallest absolute Gasteiger partial charge is 0.360 e. The van der Waals surface area contributed by atoms with Gasteiger partial charge in [-0.3, -0.25) is 4.79 Å². The number of nitrogens with zero attached hydrogens (tertiary/aromatic N) is 3. The van der Waals surface area contributed by atoms with Crippen LogP contribution in [-0.2, 0) is 11.8 Å². The Kier molecular flexibility index (Phi) is 3.57. The number of imidazole rings is 1. The summed E-state index contributed by atoms with van der Waals surface area (Å²) >= 11 is 0. The number of fused-ring (bicyclic) bond motifs is 1. The van der Waals surface area contributed by atoms with E-state index in [-0.39, 0.29) is 17.3 Å². The molecule has 3 rings (SSSR count). The van der Waals surface area contributed by atoms with Crippen molar-refractivity contribution in [3.05, 3.63) is 40.3 Å². The minimum atomic E-state index is -0.757. The highest BCUT2D eigenvalue weighted by atomic mass is 16.5. The van der Waals surface area contributed by atoms with E-state index >= 15 is 0 Å². The van der Waals surface area contributed by atoms with Gasteiger partial charge in [-0.2, -0.15) is 0 Å². The predicted octanol–water partition coefficient (Wildman–Crippen LogP) is 1.12. The van der Waals surface area contributed by atoms with Crippen molar-refractivity contribution in [2.45, 2.75) is 0 Å². The molecule has 0 atom stereocenters. The zero-order valence-electron chi connectivity index (χ0n) is 12.8. The molecule has 8 nitrogen and oxygen atoms in total. The van der Waals surface area contributed by atoms with Crippen molar-refractivity contribution in [1.29, 1.82) is 0 Å². The molecule has 0 fully saturated rings. The number of aromatic nitrogens is 4. The summed E-state index contributed by atoms with van der Waals surface area (Å²) in [7, 11) is 4.29. The van der Waals surface area contributed by atoms with Crippen molar-refractivity contribution in [1.82, 2.24) is 19.5 Å². The average Bonchev–Trinajstić information content (AvgIpc) is 2.90. The summed E-state index contributed by atoms with van der Waals surface area (Å²) in [6.07, 6.45) is 0. The van der Waals surface area contributed by atoms with Crippen LogP contribution in [0.5, 0.6) is 5.75 Å². The van der Waals surface area contributed by atoms with Crippen LogP contribution < -0.4 is 10.3 Å². The van der Waals surface area contributed by atoms with E-state index in [1.807, 2.05) is 24.3 Å². The second-order valence-corrected chi connectivity index (χ2v) is 4.77. The number of para-hydroxylation sites is 2. The van der Waals surface area contributed by atoms with E-state index in [9.17, 15) is 9.59 Å². The van der Waals surface area contributed by atoms with E-state index < -0.39 is 11.5 Å². The lowest BCUT2D eigenvalue weighted by molar-refractivity contribution is 0.0589. The molecule has 1 aromatic carbocycles. The van der Waals surface area contributed by atoms with Crippen molar-refractivity contribution in [2.24, 2.45) is 7.05 Å². The standard InChI is InChI=1S/C15H14N4O4/c1-19-9-7-5-4-6-8(9)16-13(19)12-17-10(15(21)23-3)11(22-2)14(20)18-12/h4-7H,1-3H3,(H,17,18,20). The number of benzene rings is 1. The van der Waals surface area contributed by atoms with Crippen LogP contribution in [0.15, 0.2) is 29.1 Å². The fourth-order valence-electron chi connectivity index (χ4n) is 2.35. The number of methoxy groups -OCH3 is 2. The zero-order valence-corrected chi connectivity index (χ0v) is 12.8. The van der Waals surface area contributed by atoms with Gasteiger partial charge in [-0.25, -0.2) is 14.8 Å². The molecule has 0 aliphatic heterocycles. The number of hydrogen-bond acceptors (Lipinski definition) is 6. The van der Waals surface area contributed by atoms with Crippen molar-refractivity contribution < 1.29 is 14.3 Å². The molecule has 0 radical (unpaired) electrons. The number of aryl methyl sites for hydroxylation is 1. The van der Waals surface area contributed by atoms with Gasteiger partial charge in [0.05, 0.1) is 25.3 Å². The summed E-state index contributed by atoms with van der Waals surface area (Å²) in [4.78, 5) is 35.2. The second-order valence-electron chi connectivity index (χ2n) is 4.77. The molecule has 0 amide bonds. The van der Waals surface area contributed by atoms with E-state index in [0.717, 1.165) is 11.0 Å². The highest BCUT2D eigenvalue weighted by Crippen LogP contribution is 2.22. The summed E-state index contributed by atoms with van der Waals surface area (Å²) in [6.45, 7) is 0. The molecular weight excluding hydrogens is 300 g/mol. The molecule has 0 saturated carbocycles. The predicted molar refractivity (Wildman–Crippen MR) is 82.5 cm³/mol. The molecule has 2 aromatic heterocycles. The number of hydrogen-bond donors (Lipinski definition) is 1. The first kappa shape index (κ1) is 14.8. The molecule has 0 bridgehead atoms. The molecule has 1 N–H and O–H groups in total. The maximum Gasteiger partial charge on any atom is 0.360 e. The van der Waals surface area contributed by atoms with E-state index in [1.165, 1.54) is 14.2 Å². The van der Waals surface area contributed by atoms with Gasteiger partial charge in [0, 0.05) is 7.05 Å². The Bertz CT molecular complexity index is 958. The highest BCUT2D eigenvalue weighted by molar-refractivity contribution is 5.90. The Morgan fingerprint density at radius 1 is 1.22 bits per heavy atom. The molecule has 3 aromatic rings. The van der Waals surface area contributed by atoms with Gasteiger partial charge < -0.3 is 19.0 Å². The van der Waals surface area contributed by atoms with Gasteiger partial charge >= 0.3 is 5.97 Å². The highest BCUT2D eigenvalue weighted by Gasteiger charge is 2.22. The first-order valence-corrected chi connectivity index (χ1v) is 6.75. The average molecular weight is 314 g/mol. The molecule has 0 spiro atoms. The lowest BCUT2D eigenvalue weighted by Gasteiger charge is -2.07. The van der Waals surface area contributed by atoms with Crippen LogP contribution in [0.2, 0.25) is 0 Å². The SMILES string of the molecule is COC(=O)c1nc(-c2nc3ccccc3n2C)[nH]c(=O)c1OC. The molecule has 0 unspecified atom stereocenters. The van der Waals surface area contributed by atoms with Gasteiger partial charge in [0.15, 0.2) is 17.3 Å². The minimum absolute atomic E-state index is 0.162. The summed E-state index contributed by atoms with van der Waals surface area (Å²) in [6, 6.07) is 7.50. The normalized spacial score (nSPS) is 10.7. The summed E-state index contributed by atoms with van der Waals surface area (Å²) in [5.74, 6) is -0.363. The Morgan fingerprint density at radius 3 is 2.61 bits per heavy atom. The van der Waals surface area contributed by atoms with Gasteiger partial charge in [0.2, 0.25) is 5.75 Å². The molecule has 0 aliphatic carbocycles. The summed E-state index contributed by atoms with van der Waals surface area (Å²) in [5, 5.41) is 0. The van der Waals surface area contributed by atoms with Crippen LogP contribution in [0, 0.1) is 0 Å². The van der Waals surface area contributed by atoms with Crippen molar-refractivity contribution in [3.8, 4) is 17.4 Å². The van der Waals surface area contributed by atoms with Gasteiger partial charge in [-0.1, -0.05) is 12.1 Å². The van der Waals surface area contributed by atoms with Crippen molar-refractivity contribution in [2.75, 3.05) is 14.2 Å². The minimum Gasteiger partial charge on any atom is -0.489 e. The molecule has 23 heavy (non-hydrogen) atoms. The first-order valence-electron chi connectivity index (χ1n) is 6.75. The van der Waals surface area contributed by atoms with E-state index in [0.29, 0.717) is 5.82 Å². The Balaban J connectivity index is 2.27. The van der Waals surface area contributed by atoms with Gasteiger partial charge in [-0.05, 0) is 12.1 Å². The quantitative estimate of drug-likeness (QED) is 0.727. The number of ether oxygens (including phenoxy) is 2. The Labute approximate surface area is 130 Å². The van der Waals surface area contributed by atoms with E-state index in [2.05, 4.69) is 19.7 Å². The third kappa shape index (κ3) is 2.33. The number of rotatable bonds is 3. The Morgan fingerprint density at radius 2 is 1.96 bits per heavy atom. The second kappa shape index (κ2) is 5.56. The molecule has 0 saturated heterocycles. The zero-order chi connectivity index (χ0) is 16.6. The third-order valence-corrected chi connectivity index (χ3v) is 3.46. The molecule has 118 valence electrons. The maximum absolute atomic E-state index is 12.1. The van der Waals surface area contributed by atoms with Crippen LogP contribution in [-0.4, -0.2) is 39.7 Å². The molecule has 8 heteroatoms. The van der Waals surface area contributed by atoms with Crippen molar-refractivity contribution >= 4 is 17.0 Å². The van der Waals surface area contributed by atoms with Crippen LogP contribution in [0.1, 0.15) is 10.5 Å². The van der Waals surface area contributed by atoms with E-state index in [4.69, 9.17) is 4.74 Å². The summed E-state index contributed by atoms with van der Waals surface area (Å²) < 4.78 is 11.4. The lowest BCUT2D eigenvalue weighted by Crippen LogP contribution is -2.19. The van der Waals surface area contributed by atoms with Gasteiger partial charge in [-0.15, -0.1) is 0 Å². The number of esters is 1. The van der Waals surface area contributed by atoms with Gasteiger partial charge in [0.25, 0.3) is 5.56 Å². The fraction of sp³-hybridized carbons (Fsp3) is 0.200. The Hall–Kier alpha value is -3.16. The van der Waals surface area contributed by atoms with Crippen molar-refractivity contribution in [3.63, 3.8) is 0 Å². The van der Waals surface area contributed by atoms with Crippen LogP contribution in [0.4, 0.5) is 0 Å². The first-order chi connectivity index (χ1) is 11.1. The van der Waals surface area contributed by atoms with Crippen LogP contribution in [0.3, 0.4) is 0 Å². The van der Waals surface area contributed by atoms with Crippen LogP contribution >= 0.6 is 0 Å². The van der Waals surface area contributed by atoms with Gasteiger partial charge in [0.1, 0.15) is 0 Å². The monoisotopic (exact) mass is 314 g/mol. The topological polar surface area (TPSA) is 99.1 Å². The summed E-state index contributed by atoms with van der Waals surface area (Å²) in [5.41, 5.74) is 0.856. The number of aromatic amines is 1. The molecule has 2 heterocycles.